The van der Waals surface area contributed by atoms with Crippen molar-refractivity contribution < 1.29 is 14.3 Å². The minimum absolute atomic E-state index is 0.0223. The molecular formula is C38H73O3P. The van der Waals surface area contributed by atoms with E-state index >= 15 is 0 Å². The van der Waals surface area contributed by atoms with Crippen LogP contribution in [-0.4, -0.2) is 22.1 Å². The van der Waals surface area contributed by atoms with E-state index in [0.29, 0.717) is 18.1 Å². The predicted octanol–water partition coefficient (Wildman–Crippen LogP) is 12.8. The third-order valence-corrected chi connectivity index (χ3v) is 11.9. The average molecular weight is 609 g/mol. The molecular weight excluding hydrogens is 535 g/mol. The molecule has 0 aliphatic rings. The van der Waals surface area contributed by atoms with Crippen LogP contribution >= 0.6 is 7.28 Å². The SMILES string of the molecule is CCCCCCCCCCCCP(O)(O)(CCCCCCCCCCCC)Oc1ccc(C(C)(C)C)cc1C(C)(C)C. The number of rotatable bonds is 24. The summed E-state index contributed by atoms with van der Waals surface area (Å²) in [7, 11) is -4.34. The summed E-state index contributed by atoms with van der Waals surface area (Å²) in [5.41, 5.74) is 2.18. The Morgan fingerprint density at radius 2 is 0.881 bits per heavy atom. The van der Waals surface area contributed by atoms with Gasteiger partial charge in [0.25, 0.3) is 0 Å². The molecule has 0 unspecified atom stereocenters. The van der Waals surface area contributed by atoms with E-state index in [1.54, 1.807) is 0 Å². The molecule has 1 rings (SSSR count). The van der Waals surface area contributed by atoms with Crippen molar-refractivity contribution >= 4 is 7.28 Å². The van der Waals surface area contributed by atoms with Gasteiger partial charge in [0.15, 0.2) is 0 Å². The number of benzene rings is 1. The number of unbranched alkanes of at least 4 members (excludes halogenated alkanes) is 18. The Morgan fingerprint density at radius 1 is 0.524 bits per heavy atom. The molecule has 1 aromatic carbocycles. The summed E-state index contributed by atoms with van der Waals surface area (Å²) < 4.78 is 6.52. The molecule has 0 saturated carbocycles. The summed E-state index contributed by atoms with van der Waals surface area (Å²) in [5.74, 6) is 0.664. The van der Waals surface area contributed by atoms with E-state index in [1.807, 2.05) is 6.07 Å². The molecule has 0 aromatic heterocycles. The molecule has 0 aliphatic carbocycles. The summed E-state index contributed by atoms with van der Waals surface area (Å²) in [6.07, 6.45) is 25.4. The molecule has 1 aromatic rings. The first kappa shape index (κ1) is 39.4. The van der Waals surface area contributed by atoms with Crippen molar-refractivity contribution in [3.8, 4) is 5.75 Å². The van der Waals surface area contributed by atoms with Crippen LogP contribution in [0.15, 0.2) is 18.2 Å². The van der Waals surface area contributed by atoms with Crippen molar-refractivity contribution in [3.05, 3.63) is 29.3 Å². The fraction of sp³-hybridized carbons (Fsp3) is 0.842. The van der Waals surface area contributed by atoms with E-state index in [0.717, 1.165) is 31.2 Å². The summed E-state index contributed by atoms with van der Waals surface area (Å²) in [4.78, 5) is 24.1. The number of hydrogen-bond acceptors (Lipinski definition) is 3. The van der Waals surface area contributed by atoms with E-state index < -0.39 is 7.28 Å². The second-order valence-electron chi connectivity index (χ2n) is 15.4. The Labute approximate surface area is 263 Å². The fourth-order valence-electron chi connectivity index (χ4n) is 5.93. The van der Waals surface area contributed by atoms with Crippen LogP contribution in [0.4, 0.5) is 0 Å². The molecule has 0 fully saturated rings. The van der Waals surface area contributed by atoms with Gasteiger partial charge >= 0.3 is 264 Å². The van der Waals surface area contributed by atoms with Gasteiger partial charge in [0, 0.05) is 0 Å². The first-order valence-electron chi connectivity index (χ1n) is 18.1. The third-order valence-electron chi connectivity index (χ3n) is 8.88. The van der Waals surface area contributed by atoms with Crippen LogP contribution in [0.2, 0.25) is 0 Å². The predicted molar refractivity (Wildman–Crippen MR) is 189 cm³/mol. The van der Waals surface area contributed by atoms with Crippen LogP contribution in [0.5, 0.6) is 5.75 Å². The zero-order valence-corrected chi connectivity index (χ0v) is 30.4. The summed E-state index contributed by atoms with van der Waals surface area (Å²) in [5, 5.41) is 0. The molecule has 2 N–H and O–H groups in total. The molecule has 3 nitrogen and oxygen atoms in total. The Balaban J connectivity index is 2.84. The molecule has 0 radical (unpaired) electrons. The van der Waals surface area contributed by atoms with Crippen LogP contribution in [0, 0.1) is 0 Å². The van der Waals surface area contributed by atoms with Gasteiger partial charge in [-0.15, -0.1) is 0 Å². The summed E-state index contributed by atoms with van der Waals surface area (Å²) in [6.45, 7) is 17.8. The molecule has 0 aliphatic heterocycles. The second-order valence-corrected chi connectivity index (χ2v) is 19.1. The van der Waals surface area contributed by atoms with Crippen LogP contribution < -0.4 is 4.52 Å². The monoisotopic (exact) mass is 609 g/mol. The van der Waals surface area contributed by atoms with Gasteiger partial charge in [0.1, 0.15) is 0 Å². The summed E-state index contributed by atoms with van der Waals surface area (Å²) in [6, 6.07) is 6.35. The molecule has 0 spiro atoms. The van der Waals surface area contributed by atoms with Crippen LogP contribution in [-0.2, 0) is 10.8 Å². The van der Waals surface area contributed by atoms with Gasteiger partial charge in [-0.1, -0.05) is 0 Å². The van der Waals surface area contributed by atoms with Gasteiger partial charge in [-0.25, -0.2) is 0 Å². The molecule has 0 saturated heterocycles. The van der Waals surface area contributed by atoms with E-state index in [2.05, 4.69) is 67.5 Å². The van der Waals surface area contributed by atoms with Crippen molar-refractivity contribution in [2.45, 2.75) is 195 Å². The van der Waals surface area contributed by atoms with Gasteiger partial charge in [-0.05, 0) is 0 Å². The zero-order valence-electron chi connectivity index (χ0n) is 29.5. The Morgan fingerprint density at radius 3 is 1.21 bits per heavy atom. The van der Waals surface area contributed by atoms with E-state index in [4.69, 9.17) is 4.52 Å². The van der Waals surface area contributed by atoms with Crippen LogP contribution in [0.25, 0.3) is 0 Å². The van der Waals surface area contributed by atoms with E-state index in [-0.39, 0.29) is 10.8 Å². The Hall–Kier alpha value is -0.630. The van der Waals surface area contributed by atoms with Crippen molar-refractivity contribution in [3.63, 3.8) is 0 Å². The molecule has 42 heavy (non-hydrogen) atoms. The van der Waals surface area contributed by atoms with Crippen molar-refractivity contribution in [1.29, 1.82) is 0 Å². The molecule has 0 heterocycles. The molecule has 0 bridgehead atoms. The maximum atomic E-state index is 12.1. The first-order valence-corrected chi connectivity index (χ1v) is 20.5. The van der Waals surface area contributed by atoms with Gasteiger partial charge in [-0.3, -0.25) is 0 Å². The minimum atomic E-state index is -4.34. The van der Waals surface area contributed by atoms with E-state index in [9.17, 15) is 9.79 Å². The Bertz CT molecular complexity index is 806. The summed E-state index contributed by atoms with van der Waals surface area (Å²) >= 11 is 0. The quantitative estimate of drug-likeness (QED) is 0.0906. The van der Waals surface area contributed by atoms with Crippen molar-refractivity contribution in [2.75, 3.05) is 12.3 Å². The van der Waals surface area contributed by atoms with Crippen LogP contribution in [0.3, 0.4) is 0 Å². The molecule has 248 valence electrons. The van der Waals surface area contributed by atoms with Crippen LogP contribution in [0.1, 0.15) is 195 Å². The molecule has 0 atom stereocenters. The van der Waals surface area contributed by atoms with E-state index in [1.165, 1.54) is 108 Å². The normalized spacial score (nSPS) is 13.7. The zero-order chi connectivity index (χ0) is 31.6. The van der Waals surface area contributed by atoms with Gasteiger partial charge < -0.3 is 0 Å². The third kappa shape index (κ3) is 17.0. The van der Waals surface area contributed by atoms with Gasteiger partial charge in [-0.2, -0.15) is 0 Å². The number of hydrogen-bond donors (Lipinski definition) is 2. The second kappa shape index (κ2) is 19.7. The van der Waals surface area contributed by atoms with Crippen molar-refractivity contribution in [2.24, 2.45) is 0 Å². The average Bonchev–Trinajstić information content (AvgIpc) is 2.90. The molecule has 4 heteroatoms. The standard InChI is InChI=1S/C38H73O3P/c1-9-11-13-15-17-19-21-23-25-27-31-42(39,40,32-28-26-24-22-20-18-16-14-12-10-2)41-36-30-29-34(37(3,4)5)33-35(36)38(6,7)8/h29-30,33,39-40H,9-28,31-32H2,1-8H3. The Kier molecular flexibility index (Phi) is 18.5. The van der Waals surface area contributed by atoms with Crippen molar-refractivity contribution in [1.82, 2.24) is 0 Å². The first-order chi connectivity index (χ1) is 19.7. The fourth-order valence-corrected chi connectivity index (χ4v) is 8.66. The van der Waals surface area contributed by atoms with Gasteiger partial charge in [0.05, 0.1) is 0 Å². The topological polar surface area (TPSA) is 49.7 Å². The maximum absolute atomic E-state index is 12.1. The van der Waals surface area contributed by atoms with Gasteiger partial charge in [0.2, 0.25) is 0 Å². The molecule has 0 amide bonds.